The first kappa shape index (κ1) is 23.9. The molecule has 0 unspecified atom stereocenters. The lowest BCUT2D eigenvalue weighted by molar-refractivity contribution is -0.122. The summed E-state index contributed by atoms with van der Waals surface area (Å²) in [6.07, 6.45) is 0.980. The number of carbonyl (C=O) groups is 1. The van der Waals surface area contributed by atoms with Crippen molar-refractivity contribution in [3.05, 3.63) is 48.5 Å². The van der Waals surface area contributed by atoms with E-state index in [1.54, 1.807) is 24.3 Å². The Bertz CT molecular complexity index is 1000. The van der Waals surface area contributed by atoms with Crippen molar-refractivity contribution in [2.75, 3.05) is 61.1 Å². The third-order valence-electron chi connectivity index (χ3n) is 5.64. The average molecular weight is 461 g/mol. The van der Waals surface area contributed by atoms with Crippen molar-refractivity contribution in [1.29, 1.82) is 0 Å². The molecule has 1 amide bonds. The molecule has 0 spiro atoms. The van der Waals surface area contributed by atoms with Crippen molar-refractivity contribution in [2.24, 2.45) is 0 Å². The van der Waals surface area contributed by atoms with Crippen molar-refractivity contribution in [3.63, 3.8) is 0 Å². The first-order valence-electron chi connectivity index (χ1n) is 10.7. The van der Waals surface area contributed by atoms with E-state index in [0.717, 1.165) is 43.8 Å². The molecular formula is C23H32N4O4S. The van der Waals surface area contributed by atoms with Crippen LogP contribution in [0.25, 0.3) is 0 Å². The van der Waals surface area contributed by atoms with Gasteiger partial charge in [-0.05, 0) is 62.0 Å². The second-order valence-electron chi connectivity index (χ2n) is 8.07. The van der Waals surface area contributed by atoms with E-state index in [4.69, 9.17) is 4.74 Å². The third-order valence-corrected chi connectivity index (χ3v) is 6.85. The highest BCUT2D eigenvalue weighted by Gasteiger charge is 2.20. The summed E-state index contributed by atoms with van der Waals surface area (Å²) in [4.78, 5) is 17.4. The third kappa shape index (κ3) is 6.14. The Morgan fingerprint density at radius 1 is 1.06 bits per heavy atom. The summed E-state index contributed by atoms with van der Waals surface area (Å²) < 4.78 is 30.4. The van der Waals surface area contributed by atoms with Gasteiger partial charge >= 0.3 is 0 Å². The summed E-state index contributed by atoms with van der Waals surface area (Å²) in [7, 11) is 0.284. The summed E-state index contributed by atoms with van der Waals surface area (Å²) in [6, 6.07) is 14.5. The highest BCUT2D eigenvalue weighted by Crippen LogP contribution is 2.23. The van der Waals surface area contributed by atoms with E-state index in [2.05, 4.69) is 22.2 Å². The molecule has 1 saturated heterocycles. The van der Waals surface area contributed by atoms with Crippen LogP contribution in [0.5, 0.6) is 5.75 Å². The van der Waals surface area contributed by atoms with Crippen LogP contribution >= 0.6 is 0 Å². The SMILES string of the molecule is CC[C@@H](Oc1ccc(N(C)S(C)(=O)=O)cc1)C(=O)Nc1ccc(N2CCN(C)CC2)cc1. The van der Waals surface area contributed by atoms with Crippen LogP contribution < -0.4 is 19.3 Å². The smallest absolute Gasteiger partial charge is 0.265 e. The monoisotopic (exact) mass is 460 g/mol. The van der Waals surface area contributed by atoms with Gasteiger partial charge in [0.25, 0.3) is 5.91 Å². The first-order chi connectivity index (χ1) is 15.2. The highest BCUT2D eigenvalue weighted by atomic mass is 32.2. The fraction of sp³-hybridized carbons (Fsp3) is 0.435. The zero-order valence-corrected chi connectivity index (χ0v) is 19.9. The van der Waals surface area contributed by atoms with Crippen LogP contribution in [0.15, 0.2) is 48.5 Å². The number of anilines is 3. The molecule has 1 N–H and O–H groups in total. The first-order valence-corrected chi connectivity index (χ1v) is 12.6. The number of benzene rings is 2. The van der Waals surface area contributed by atoms with E-state index >= 15 is 0 Å². The minimum atomic E-state index is -3.33. The van der Waals surface area contributed by atoms with Crippen LogP contribution in [0, 0.1) is 0 Å². The number of nitrogens with one attached hydrogen (secondary N) is 1. The molecule has 0 saturated carbocycles. The molecular weight excluding hydrogens is 428 g/mol. The molecule has 1 aliphatic rings. The molecule has 1 atom stereocenters. The maximum atomic E-state index is 12.7. The molecule has 0 radical (unpaired) electrons. The van der Waals surface area contributed by atoms with Gasteiger partial charge in [0, 0.05) is 44.6 Å². The number of hydrogen-bond donors (Lipinski definition) is 1. The van der Waals surface area contributed by atoms with E-state index < -0.39 is 16.1 Å². The van der Waals surface area contributed by atoms with Gasteiger partial charge < -0.3 is 19.9 Å². The number of nitrogens with zero attached hydrogens (tertiary/aromatic N) is 3. The van der Waals surface area contributed by atoms with Gasteiger partial charge in [-0.25, -0.2) is 8.42 Å². The van der Waals surface area contributed by atoms with Gasteiger partial charge in [-0.2, -0.15) is 0 Å². The minimum absolute atomic E-state index is 0.225. The Morgan fingerprint density at radius 2 is 1.66 bits per heavy atom. The molecule has 174 valence electrons. The Labute approximate surface area is 190 Å². The second-order valence-corrected chi connectivity index (χ2v) is 10.1. The van der Waals surface area contributed by atoms with Gasteiger partial charge in [0.1, 0.15) is 5.75 Å². The van der Waals surface area contributed by atoms with Gasteiger partial charge in [0.2, 0.25) is 10.0 Å². The van der Waals surface area contributed by atoms with Gasteiger partial charge in [0.05, 0.1) is 11.9 Å². The molecule has 1 fully saturated rings. The van der Waals surface area contributed by atoms with Crippen molar-refractivity contribution in [2.45, 2.75) is 19.4 Å². The van der Waals surface area contributed by atoms with Crippen molar-refractivity contribution in [3.8, 4) is 5.75 Å². The Hall–Kier alpha value is -2.78. The van der Waals surface area contributed by atoms with Gasteiger partial charge in [-0.1, -0.05) is 6.92 Å². The largest absolute Gasteiger partial charge is 0.481 e. The van der Waals surface area contributed by atoms with Crippen LogP contribution in [0.2, 0.25) is 0 Å². The van der Waals surface area contributed by atoms with Crippen LogP contribution in [0.1, 0.15) is 13.3 Å². The quantitative estimate of drug-likeness (QED) is 0.652. The van der Waals surface area contributed by atoms with Crippen LogP contribution in [0.3, 0.4) is 0 Å². The lowest BCUT2D eigenvalue weighted by Crippen LogP contribution is -2.44. The van der Waals surface area contributed by atoms with Crippen LogP contribution in [-0.2, 0) is 14.8 Å². The zero-order chi connectivity index (χ0) is 23.3. The number of likely N-dealkylation sites (N-methyl/N-ethyl adjacent to an activating group) is 1. The number of piperazine rings is 1. The summed E-state index contributed by atoms with van der Waals surface area (Å²) in [5.74, 6) is 0.278. The van der Waals surface area contributed by atoms with E-state index in [1.165, 1.54) is 11.4 Å². The number of carbonyl (C=O) groups excluding carboxylic acids is 1. The molecule has 3 rings (SSSR count). The van der Waals surface area contributed by atoms with Crippen LogP contribution in [-0.4, -0.2) is 71.9 Å². The van der Waals surface area contributed by atoms with Crippen molar-refractivity contribution < 1.29 is 17.9 Å². The highest BCUT2D eigenvalue weighted by molar-refractivity contribution is 7.92. The number of sulfonamides is 1. The summed E-state index contributed by atoms with van der Waals surface area (Å²) in [5.41, 5.74) is 2.40. The van der Waals surface area contributed by atoms with E-state index in [1.807, 2.05) is 31.2 Å². The Balaban J connectivity index is 1.59. The van der Waals surface area contributed by atoms with E-state index in [-0.39, 0.29) is 5.91 Å². The molecule has 0 aliphatic carbocycles. The summed E-state index contributed by atoms with van der Waals surface area (Å²) in [6.45, 7) is 5.95. The van der Waals surface area contributed by atoms with E-state index in [0.29, 0.717) is 17.9 Å². The Morgan fingerprint density at radius 3 is 2.19 bits per heavy atom. The molecule has 1 heterocycles. The predicted octanol–water partition coefficient (Wildman–Crippen LogP) is 2.63. The maximum Gasteiger partial charge on any atom is 0.265 e. The molecule has 32 heavy (non-hydrogen) atoms. The molecule has 0 bridgehead atoms. The zero-order valence-electron chi connectivity index (χ0n) is 19.1. The second kappa shape index (κ2) is 10.2. The number of ether oxygens (including phenoxy) is 1. The molecule has 2 aromatic carbocycles. The predicted molar refractivity (Wildman–Crippen MR) is 129 cm³/mol. The number of rotatable bonds is 8. The van der Waals surface area contributed by atoms with Gasteiger partial charge in [-0.3, -0.25) is 9.10 Å². The number of hydrogen-bond acceptors (Lipinski definition) is 6. The minimum Gasteiger partial charge on any atom is -0.481 e. The molecule has 0 aromatic heterocycles. The lowest BCUT2D eigenvalue weighted by atomic mass is 10.2. The molecule has 2 aromatic rings. The Kier molecular flexibility index (Phi) is 7.63. The standard InChI is InChI=1S/C23H32N4O4S/c1-5-22(31-21-12-10-19(11-13-21)26(3)32(4,29)30)23(28)24-18-6-8-20(9-7-18)27-16-14-25(2)15-17-27/h6-13,22H,5,14-17H2,1-4H3,(H,24,28)/t22-/m1/s1. The normalized spacial score (nSPS) is 15.8. The average Bonchev–Trinajstić information content (AvgIpc) is 2.78. The fourth-order valence-electron chi connectivity index (χ4n) is 3.46. The molecule has 9 heteroatoms. The van der Waals surface area contributed by atoms with Crippen molar-refractivity contribution >= 4 is 33.0 Å². The molecule has 8 nitrogen and oxygen atoms in total. The fourth-order valence-corrected chi connectivity index (χ4v) is 3.96. The topological polar surface area (TPSA) is 82.2 Å². The number of amides is 1. The van der Waals surface area contributed by atoms with Gasteiger partial charge in [0.15, 0.2) is 6.10 Å². The van der Waals surface area contributed by atoms with E-state index in [9.17, 15) is 13.2 Å². The van der Waals surface area contributed by atoms with Crippen LogP contribution in [0.4, 0.5) is 17.1 Å². The maximum absolute atomic E-state index is 12.7. The molecule has 1 aliphatic heterocycles. The van der Waals surface area contributed by atoms with Crippen molar-refractivity contribution in [1.82, 2.24) is 4.90 Å². The van der Waals surface area contributed by atoms with Gasteiger partial charge in [-0.15, -0.1) is 0 Å². The summed E-state index contributed by atoms with van der Waals surface area (Å²) in [5, 5.41) is 2.92. The lowest BCUT2D eigenvalue weighted by Gasteiger charge is -2.34. The summed E-state index contributed by atoms with van der Waals surface area (Å²) >= 11 is 0.